The van der Waals surface area contributed by atoms with Crippen LogP contribution in [0.15, 0.2) is 41.8 Å². The molecule has 124 valence electrons. The Bertz CT molecular complexity index is 742. The Kier molecular flexibility index (Phi) is 4.77. The average molecular weight is 334 g/mol. The molecule has 3 heterocycles. The number of rotatable bonds is 5. The number of sulfonamides is 1. The van der Waals surface area contributed by atoms with Gasteiger partial charge in [-0.05, 0) is 31.4 Å². The number of pyridine rings is 1. The van der Waals surface area contributed by atoms with Gasteiger partial charge < -0.3 is 4.57 Å². The van der Waals surface area contributed by atoms with E-state index in [-0.39, 0.29) is 10.9 Å². The lowest BCUT2D eigenvalue weighted by molar-refractivity contribution is 0.239. The van der Waals surface area contributed by atoms with Gasteiger partial charge in [0.05, 0.1) is 0 Å². The van der Waals surface area contributed by atoms with Crippen molar-refractivity contribution < 1.29 is 8.42 Å². The molecule has 0 unspecified atom stereocenters. The molecule has 2 aromatic rings. The van der Waals surface area contributed by atoms with Gasteiger partial charge in [-0.15, -0.1) is 0 Å². The van der Waals surface area contributed by atoms with Crippen LogP contribution in [0.5, 0.6) is 0 Å². The molecule has 1 saturated heterocycles. The van der Waals surface area contributed by atoms with Crippen LogP contribution in [0.25, 0.3) is 0 Å². The first-order valence-electron chi connectivity index (χ1n) is 7.97. The minimum atomic E-state index is -3.47. The summed E-state index contributed by atoms with van der Waals surface area (Å²) in [6.07, 6.45) is 11.2. The van der Waals surface area contributed by atoms with Crippen molar-refractivity contribution in [1.29, 1.82) is 0 Å². The van der Waals surface area contributed by atoms with Crippen molar-refractivity contribution in [3.05, 3.63) is 42.7 Å². The molecule has 3 rings (SSSR count). The van der Waals surface area contributed by atoms with Gasteiger partial charge in [-0.3, -0.25) is 4.98 Å². The van der Waals surface area contributed by atoms with E-state index in [2.05, 4.69) is 9.97 Å². The van der Waals surface area contributed by atoms with Crippen LogP contribution in [0.3, 0.4) is 0 Å². The molecule has 0 amide bonds. The van der Waals surface area contributed by atoms with Crippen molar-refractivity contribution in [2.24, 2.45) is 7.05 Å². The molecular weight excluding hydrogens is 312 g/mol. The molecule has 1 aliphatic rings. The summed E-state index contributed by atoms with van der Waals surface area (Å²) in [7, 11) is -1.50. The van der Waals surface area contributed by atoms with E-state index in [9.17, 15) is 8.42 Å². The molecule has 2 aromatic heterocycles. The van der Waals surface area contributed by atoms with Crippen LogP contribution >= 0.6 is 0 Å². The Labute approximate surface area is 137 Å². The van der Waals surface area contributed by atoms with E-state index in [1.54, 1.807) is 28.8 Å². The second kappa shape index (κ2) is 6.80. The minimum Gasteiger partial charge on any atom is -0.338 e. The highest BCUT2D eigenvalue weighted by molar-refractivity contribution is 7.89. The van der Waals surface area contributed by atoms with Crippen LogP contribution < -0.4 is 0 Å². The van der Waals surface area contributed by atoms with E-state index < -0.39 is 10.0 Å². The molecule has 0 aromatic carbocycles. The second-order valence-electron chi connectivity index (χ2n) is 5.95. The fraction of sp³-hybridized carbons (Fsp3) is 0.500. The molecule has 1 fully saturated rings. The normalized spacial score (nSPS) is 19.8. The standard InChI is InChI=1S/C16H22N4O2S/c1-19-12-10-18-16(19)8-7-14-5-2-3-11-20(14)23(21,22)15-6-4-9-17-13-15/h4,6,9-10,12-14H,2-3,5,7-8,11H2,1H3/t14-/m0/s1. The average Bonchev–Trinajstić information content (AvgIpc) is 2.99. The van der Waals surface area contributed by atoms with Crippen molar-refractivity contribution in [1.82, 2.24) is 18.8 Å². The third-order valence-corrected chi connectivity index (χ3v) is 6.37. The van der Waals surface area contributed by atoms with E-state index >= 15 is 0 Å². The van der Waals surface area contributed by atoms with E-state index in [0.29, 0.717) is 6.54 Å². The van der Waals surface area contributed by atoms with Gasteiger partial charge in [0.2, 0.25) is 10.0 Å². The minimum absolute atomic E-state index is 0.0330. The number of hydrogen-bond donors (Lipinski definition) is 0. The van der Waals surface area contributed by atoms with Gasteiger partial charge in [-0.2, -0.15) is 4.31 Å². The fourth-order valence-corrected chi connectivity index (χ4v) is 4.84. The van der Waals surface area contributed by atoms with Crippen molar-refractivity contribution in [3.63, 3.8) is 0 Å². The molecule has 6 nitrogen and oxygen atoms in total. The molecule has 0 spiro atoms. The fourth-order valence-electron chi connectivity index (χ4n) is 3.15. The largest absolute Gasteiger partial charge is 0.338 e. The molecule has 0 saturated carbocycles. The summed E-state index contributed by atoms with van der Waals surface area (Å²) in [6.45, 7) is 0.586. The van der Waals surface area contributed by atoms with Crippen LogP contribution in [-0.4, -0.2) is 39.8 Å². The van der Waals surface area contributed by atoms with Crippen LogP contribution in [0.1, 0.15) is 31.5 Å². The van der Waals surface area contributed by atoms with E-state index in [1.807, 2.05) is 17.8 Å². The van der Waals surface area contributed by atoms with Crippen molar-refractivity contribution in [2.45, 2.75) is 43.0 Å². The molecular formula is C16H22N4O2S. The van der Waals surface area contributed by atoms with Gasteiger partial charge in [0, 0.05) is 50.8 Å². The number of aryl methyl sites for hydroxylation is 2. The van der Waals surface area contributed by atoms with Gasteiger partial charge in [0.25, 0.3) is 0 Å². The number of piperidine rings is 1. The Morgan fingerprint density at radius 1 is 1.30 bits per heavy atom. The Balaban J connectivity index is 1.77. The summed E-state index contributed by atoms with van der Waals surface area (Å²) in [5, 5.41) is 0. The molecule has 7 heteroatoms. The number of imidazole rings is 1. The van der Waals surface area contributed by atoms with Crippen molar-refractivity contribution >= 4 is 10.0 Å². The highest BCUT2D eigenvalue weighted by Crippen LogP contribution is 2.27. The summed E-state index contributed by atoms with van der Waals surface area (Å²) in [5.74, 6) is 0.995. The van der Waals surface area contributed by atoms with Gasteiger partial charge >= 0.3 is 0 Å². The summed E-state index contributed by atoms with van der Waals surface area (Å²) < 4.78 is 29.4. The Morgan fingerprint density at radius 3 is 2.87 bits per heavy atom. The predicted molar refractivity (Wildman–Crippen MR) is 87.3 cm³/mol. The Morgan fingerprint density at radius 2 is 2.17 bits per heavy atom. The maximum Gasteiger partial charge on any atom is 0.244 e. The van der Waals surface area contributed by atoms with Gasteiger partial charge in [-0.1, -0.05) is 6.42 Å². The lowest BCUT2D eigenvalue weighted by Crippen LogP contribution is -2.43. The first-order valence-corrected chi connectivity index (χ1v) is 9.41. The quantitative estimate of drug-likeness (QED) is 0.838. The summed E-state index contributed by atoms with van der Waals surface area (Å²) in [6, 6.07) is 3.32. The highest BCUT2D eigenvalue weighted by atomic mass is 32.2. The second-order valence-corrected chi connectivity index (χ2v) is 7.84. The van der Waals surface area contributed by atoms with Crippen LogP contribution in [0.2, 0.25) is 0 Å². The summed E-state index contributed by atoms with van der Waals surface area (Å²) >= 11 is 0. The van der Waals surface area contributed by atoms with E-state index in [1.165, 1.54) is 6.20 Å². The SMILES string of the molecule is Cn1ccnc1CC[C@@H]1CCCCN1S(=O)(=O)c1cccnc1. The third-order valence-electron chi connectivity index (χ3n) is 4.44. The molecule has 0 bridgehead atoms. The smallest absolute Gasteiger partial charge is 0.244 e. The van der Waals surface area contributed by atoms with Crippen LogP contribution in [0.4, 0.5) is 0 Å². The molecule has 0 aliphatic carbocycles. The zero-order valence-corrected chi connectivity index (χ0v) is 14.1. The third kappa shape index (κ3) is 3.45. The monoisotopic (exact) mass is 334 g/mol. The van der Waals surface area contributed by atoms with Crippen LogP contribution in [0, 0.1) is 0 Å². The number of hydrogen-bond acceptors (Lipinski definition) is 4. The molecule has 1 aliphatic heterocycles. The number of aromatic nitrogens is 3. The Hall–Kier alpha value is -1.73. The molecule has 23 heavy (non-hydrogen) atoms. The maximum atomic E-state index is 12.9. The van der Waals surface area contributed by atoms with Crippen molar-refractivity contribution in [2.75, 3.05) is 6.54 Å². The predicted octanol–water partition coefficient (Wildman–Crippen LogP) is 1.99. The highest BCUT2D eigenvalue weighted by Gasteiger charge is 2.33. The van der Waals surface area contributed by atoms with Gasteiger partial charge in [0.1, 0.15) is 10.7 Å². The summed E-state index contributed by atoms with van der Waals surface area (Å²) in [4.78, 5) is 8.56. The van der Waals surface area contributed by atoms with Gasteiger partial charge in [0.15, 0.2) is 0 Å². The maximum absolute atomic E-state index is 12.9. The van der Waals surface area contributed by atoms with Crippen molar-refractivity contribution in [3.8, 4) is 0 Å². The lowest BCUT2D eigenvalue weighted by Gasteiger charge is -2.34. The topological polar surface area (TPSA) is 68.1 Å². The molecule has 0 N–H and O–H groups in total. The molecule has 0 radical (unpaired) electrons. The zero-order valence-electron chi connectivity index (χ0n) is 13.3. The first kappa shape index (κ1) is 16.1. The van der Waals surface area contributed by atoms with E-state index in [4.69, 9.17) is 0 Å². The first-order chi connectivity index (χ1) is 11.1. The number of nitrogens with zero attached hydrogens (tertiary/aromatic N) is 4. The lowest BCUT2D eigenvalue weighted by atomic mass is 10.0. The zero-order chi connectivity index (χ0) is 16.3. The van der Waals surface area contributed by atoms with Crippen LogP contribution in [-0.2, 0) is 23.5 Å². The molecule has 1 atom stereocenters. The van der Waals surface area contributed by atoms with Gasteiger partial charge in [-0.25, -0.2) is 13.4 Å². The summed E-state index contributed by atoms with van der Waals surface area (Å²) in [5.41, 5.74) is 0. The van der Waals surface area contributed by atoms with E-state index in [0.717, 1.165) is 37.9 Å².